The molecule has 1 N–H and O–H groups in total. The van der Waals surface area contributed by atoms with Crippen LogP contribution in [0.4, 0.5) is 4.39 Å². The molecule has 1 atom stereocenters. The lowest BCUT2D eigenvalue weighted by Gasteiger charge is -2.33. The molecule has 1 aromatic carbocycles. The second-order valence-electron chi connectivity index (χ2n) is 5.43. The van der Waals surface area contributed by atoms with Gasteiger partial charge in [-0.2, -0.15) is 0 Å². The standard InChI is InChI=1S/C14H21BrFNO2S/c1-5-17-13(14(2,3)20(4,18)19)8-10-6-7-11(16)9-12(10)15/h6-7,9,13,17H,5,8H2,1-4H3. The van der Waals surface area contributed by atoms with E-state index in [1.807, 2.05) is 6.92 Å². The minimum absolute atomic E-state index is 0.246. The van der Waals surface area contributed by atoms with E-state index in [1.165, 1.54) is 18.4 Å². The van der Waals surface area contributed by atoms with Gasteiger partial charge in [0.05, 0.1) is 4.75 Å². The highest BCUT2D eigenvalue weighted by Gasteiger charge is 2.38. The van der Waals surface area contributed by atoms with Crippen molar-refractivity contribution in [3.8, 4) is 0 Å². The fraction of sp³-hybridized carbons (Fsp3) is 0.571. The van der Waals surface area contributed by atoms with Crippen LogP contribution in [0.5, 0.6) is 0 Å². The molecule has 0 aliphatic carbocycles. The monoisotopic (exact) mass is 365 g/mol. The average Bonchev–Trinajstić information content (AvgIpc) is 2.30. The zero-order valence-corrected chi connectivity index (χ0v) is 14.6. The van der Waals surface area contributed by atoms with Crippen LogP contribution in [0.15, 0.2) is 22.7 Å². The van der Waals surface area contributed by atoms with E-state index in [0.29, 0.717) is 17.4 Å². The van der Waals surface area contributed by atoms with E-state index in [9.17, 15) is 12.8 Å². The molecule has 0 spiro atoms. The van der Waals surface area contributed by atoms with Crippen LogP contribution in [0, 0.1) is 5.82 Å². The highest BCUT2D eigenvalue weighted by Crippen LogP contribution is 2.26. The number of sulfone groups is 1. The van der Waals surface area contributed by atoms with E-state index in [2.05, 4.69) is 21.2 Å². The molecule has 6 heteroatoms. The lowest BCUT2D eigenvalue weighted by Crippen LogP contribution is -2.52. The van der Waals surface area contributed by atoms with Crippen molar-refractivity contribution in [2.45, 2.75) is 38.0 Å². The van der Waals surface area contributed by atoms with Gasteiger partial charge < -0.3 is 5.32 Å². The summed E-state index contributed by atoms with van der Waals surface area (Å²) in [5.41, 5.74) is 0.883. The molecule has 0 aliphatic rings. The fourth-order valence-corrected chi connectivity index (χ4v) is 3.17. The lowest BCUT2D eigenvalue weighted by atomic mass is 9.95. The number of likely N-dealkylation sites (N-methyl/N-ethyl adjacent to an activating group) is 1. The second kappa shape index (κ2) is 6.54. The van der Waals surface area contributed by atoms with Crippen LogP contribution in [-0.4, -0.2) is 32.0 Å². The average molecular weight is 366 g/mol. The van der Waals surface area contributed by atoms with Gasteiger partial charge in [0, 0.05) is 16.8 Å². The van der Waals surface area contributed by atoms with E-state index in [4.69, 9.17) is 0 Å². The summed E-state index contributed by atoms with van der Waals surface area (Å²) in [6.45, 7) is 6.04. The van der Waals surface area contributed by atoms with Crippen LogP contribution in [0.2, 0.25) is 0 Å². The van der Waals surface area contributed by atoms with Gasteiger partial charge in [0.25, 0.3) is 0 Å². The van der Waals surface area contributed by atoms with E-state index < -0.39 is 14.6 Å². The van der Waals surface area contributed by atoms with Crippen LogP contribution in [-0.2, 0) is 16.3 Å². The van der Waals surface area contributed by atoms with Crippen molar-refractivity contribution < 1.29 is 12.8 Å². The van der Waals surface area contributed by atoms with Gasteiger partial charge in [0.15, 0.2) is 9.84 Å². The molecule has 114 valence electrons. The summed E-state index contributed by atoms with van der Waals surface area (Å²) in [7, 11) is -3.22. The van der Waals surface area contributed by atoms with Crippen molar-refractivity contribution in [1.29, 1.82) is 0 Å². The first kappa shape index (κ1) is 17.6. The maximum Gasteiger partial charge on any atom is 0.154 e. The maximum absolute atomic E-state index is 13.1. The Bertz CT molecular complexity index is 573. The van der Waals surface area contributed by atoms with E-state index in [1.54, 1.807) is 19.9 Å². The normalized spacial score (nSPS) is 14.3. The Hall–Kier alpha value is -0.460. The molecule has 20 heavy (non-hydrogen) atoms. The van der Waals surface area contributed by atoms with Gasteiger partial charge in [-0.25, -0.2) is 12.8 Å². The summed E-state index contributed by atoms with van der Waals surface area (Å²) < 4.78 is 36.8. The van der Waals surface area contributed by atoms with Crippen LogP contribution in [0.25, 0.3) is 0 Å². The molecule has 0 radical (unpaired) electrons. The van der Waals surface area contributed by atoms with E-state index in [-0.39, 0.29) is 11.9 Å². The highest BCUT2D eigenvalue weighted by atomic mass is 79.9. The van der Waals surface area contributed by atoms with Crippen molar-refractivity contribution in [2.24, 2.45) is 0 Å². The van der Waals surface area contributed by atoms with Gasteiger partial charge in [-0.15, -0.1) is 0 Å². The van der Waals surface area contributed by atoms with Gasteiger partial charge in [-0.05, 0) is 44.5 Å². The lowest BCUT2D eigenvalue weighted by molar-refractivity contribution is 0.413. The molecule has 0 bridgehead atoms. The van der Waals surface area contributed by atoms with Crippen molar-refractivity contribution in [3.05, 3.63) is 34.1 Å². The Morgan fingerprint density at radius 2 is 2.00 bits per heavy atom. The molecule has 0 aromatic heterocycles. The van der Waals surface area contributed by atoms with Gasteiger partial charge >= 0.3 is 0 Å². The third-order valence-corrected chi connectivity index (χ3v) is 6.62. The summed E-state index contributed by atoms with van der Waals surface area (Å²) in [5.74, 6) is -0.317. The Balaban J connectivity index is 3.10. The number of rotatable bonds is 6. The third kappa shape index (κ3) is 4.02. The Labute approximate surface area is 129 Å². The third-order valence-electron chi connectivity index (χ3n) is 3.68. The molecule has 3 nitrogen and oxygen atoms in total. The molecule has 0 aliphatic heterocycles. The molecular weight excluding hydrogens is 345 g/mol. The Morgan fingerprint density at radius 3 is 2.45 bits per heavy atom. The van der Waals surface area contributed by atoms with Gasteiger partial charge in [0.2, 0.25) is 0 Å². The fourth-order valence-electron chi connectivity index (χ4n) is 1.98. The number of benzene rings is 1. The topological polar surface area (TPSA) is 46.2 Å². The number of hydrogen-bond acceptors (Lipinski definition) is 3. The largest absolute Gasteiger partial charge is 0.312 e. The minimum atomic E-state index is -3.22. The van der Waals surface area contributed by atoms with Crippen molar-refractivity contribution in [3.63, 3.8) is 0 Å². The van der Waals surface area contributed by atoms with Crippen molar-refractivity contribution in [1.82, 2.24) is 5.32 Å². The van der Waals surface area contributed by atoms with Gasteiger partial charge in [-0.1, -0.05) is 28.9 Å². The minimum Gasteiger partial charge on any atom is -0.312 e. The first-order chi connectivity index (χ1) is 9.09. The van der Waals surface area contributed by atoms with E-state index in [0.717, 1.165) is 5.56 Å². The Kier molecular flexibility index (Phi) is 5.75. The summed E-state index contributed by atoms with van der Waals surface area (Å²) in [6, 6.07) is 4.22. The van der Waals surface area contributed by atoms with Gasteiger partial charge in [-0.3, -0.25) is 0 Å². The second-order valence-corrected chi connectivity index (χ2v) is 8.88. The zero-order valence-electron chi connectivity index (χ0n) is 12.2. The molecule has 1 unspecified atom stereocenters. The van der Waals surface area contributed by atoms with Crippen molar-refractivity contribution >= 4 is 25.8 Å². The molecule has 1 rings (SSSR count). The highest BCUT2D eigenvalue weighted by molar-refractivity contribution is 9.10. The van der Waals surface area contributed by atoms with Crippen LogP contribution >= 0.6 is 15.9 Å². The smallest absolute Gasteiger partial charge is 0.154 e. The van der Waals surface area contributed by atoms with Crippen LogP contribution < -0.4 is 5.32 Å². The predicted octanol–water partition coefficient (Wildman–Crippen LogP) is 2.93. The summed E-state index contributed by atoms with van der Waals surface area (Å²) in [5, 5.41) is 3.23. The molecule has 0 fully saturated rings. The first-order valence-corrected chi connectivity index (χ1v) is 9.15. The molecule has 1 aromatic rings. The number of halogens is 2. The summed E-state index contributed by atoms with van der Waals surface area (Å²) in [4.78, 5) is 0. The predicted molar refractivity (Wildman–Crippen MR) is 84.2 cm³/mol. The van der Waals surface area contributed by atoms with E-state index >= 15 is 0 Å². The number of hydrogen-bond donors (Lipinski definition) is 1. The van der Waals surface area contributed by atoms with Crippen LogP contribution in [0.1, 0.15) is 26.3 Å². The summed E-state index contributed by atoms with van der Waals surface area (Å²) in [6.07, 6.45) is 1.76. The summed E-state index contributed by atoms with van der Waals surface area (Å²) >= 11 is 3.33. The maximum atomic E-state index is 13.1. The molecule has 0 amide bonds. The zero-order chi connectivity index (χ0) is 15.6. The molecular formula is C14H21BrFNO2S. The molecule has 0 saturated heterocycles. The van der Waals surface area contributed by atoms with Crippen molar-refractivity contribution in [2.75, 3.05) is 12.8 Å². The van der Waals surface area contributed by atoms with Gasteiger partial charge in [0.1, 0.15) is 5.82 Å². The molecule has 0 heterocycles. The SMILES string of the molecule is CCNC(Cc1ccc(F)cc1Br)C(C)(C)S(C)(=O)=O. The molecule has 0 saturated carbocycles. The first-order valence-electron chi connectivity index (χ1n) is 6.46. The Morgan fingerprint density at radius 1 is 1.40 bits per heavy atom. The number of nitrogens with one attached hydrogen (secondary N) is 1. The quantitative estimate of drug-likeness (QED) is 0.842. The van der Waals surface area contributed by atoms with Crippen LogP contribution in [0.3, 0.4) is 0 Å².